The van der Waals surface area contributed by atoms with Crippen LogP contribution in [0, 0.1) is 0 Å². The number of anilines is 2. The fraction of sp³-hybridized carbons (Fsp3) is 0.250. The number of nitrogens with one attached hydrogen (secondary N) is 1. The van der Waals surface area contributed by atoms with Crippen LogP contribution >= 0.6 is 0 Å². The second kappa shape index (κ2) is 6.58. The molecular weight excluding hydrogens is 328 g/mol. The van der Waals surface area contributed by atoms with Crippen LogP contribution in [0.2, 0.25) is 0 Å². The summed E-state index contributed by atoms with van der Waals surface area (Å²) in [6.45, 7) is 0.929. The van der Waals surface area contributed by atoms with Crippen molar-refractivity contribution in [3.8, 4) is 0 Å². The molecule has 126 valence electrons. The minimum absolute atomic E-state index is 0.0999. The van der Waals surface area contributed by atoms with Gasteiger partial charge in [-0.05, 0) is 48.7 Å². The van der Waals surface area contributed by atoms with Gasteiger partial charge < -0.3 is 10.2 Å². The minimum Gasteiger partial charge on any atom is -0.362 e. The van der Waals surface area contributed by atoms with Crippen molar-refractivity contribution in [1.29, 1.82) is 0 Å². The van der Waals surface area contributed by atoms with E-state index in [1.807, 2.05) is 4.90 Å². The normalized spacial score (nSPS) is 14.1. The lowest BCUT2D eigenvalue weighted by Gasteiger charge is -2.31. The van der Waals surface area contributed by atoms with E-state index in [1.54, 1.807) is 36.7 Å². The van der Waals surface area contributed by atoms with Crippen LogP contribution in [0.4, 0.5) is 11.4 Å². The molecule has 0 atom stereocenters. The van der Waals surface area contributed by atoms with Gasteiger partial charge in [0, 0.05) is 18.4 Å². The van der Waals surface area contributed by atoms with Gasteiger partial charge in [-0.3, -0.25) is 9.78 Å². The molecule has 24 heavy (non-hydrogen) atoms. The average Bonchev–Trinajstić information content (AvgIpc) is 2.54. The van der Waals surface area contributed by atoms with Crippen LogP contribution in [-0.2, 0) is 21.2 Å². The molecule has 2 aromatic rings. The van der Waals surface area contributed by atoms with Crippen molar-refractivity contribution in [2.45, 2.75) is 17.7 Å². The Hall–Kier alpha value is -2.45. The van der Waals surface area contributed by atoms with Crippen LogP contribution in [0.25, 0.3) is 0 Å². The van der Waals surface area contributed by atoms with Crippen molar-refractivity contribution in [1.82, 2.24) is 4.98 Å². The molecule has 1 aliphatic rings. The second-order valence-electron chi connectivity index (χ2n) is 5.65. The summed E-state index contributed by atoms with van der Waals surface area (Å²) >= 11 is 0. The predicted octanol–water partition coefficient (Wildman–Crippen LogP) is 1.12. The molecule has 0 saturated heterocycles. The number of fused-ring (bicyclic) bond motifs is 1. The van der Waals surface area contributed by atoms with E-state index >= 15 is 0 Å². The van der Waals surface area contributed by atoms with Crippen molar-refractivity contribution >= 4 is 27.3 Å². The number of hydrogen-bond acceptors (Lipinski definition) is 5. The Labute approximate surface area is 140 Å². The number of nitrogens with zero attached hydrogens (tertiary/aromatic N) is 2. The van der Waals surface area contributed by atoms with Crippen LogP contribution in [-0.4, -0.2) is 32.4 Å². The molecule has 1 amide bonds. The number of aryl methyl sites for hydroxylation is 1. The minimum atomic E-state index is -3.72. The number of amides is 1. The summed E-state index contributed by atoms with van der Waals surface area (Å²) in [5.74, 6) is -0.147. The summed E-state index contributed by atoms with van der Waals surface area (Å²) < 4.78 is 23.0. The van der Waals surface area contributed by atoms with Crippen molar-refractivity contribution in [2.24, 2.45) is 5.14 Å². The number of primary sulfonamides is 1. The highest BCUT2D eigenvalue weighted by atomic mass is 32.2. The molecule has 0 fully saturated rings. The summed E-state index contributed by atoms with van der Waals surface area (Å²) in [7, 11) is -3.72. The summed E-state index contributed by atoms with van der Waals surface area (Å²) in [5.41, 5.74) is 2.40. The Morgan fingerprint density at radius 2 is 2.17 bits per heavy atom. The highest BCUT2D eigenvalue weighted by molar-refractivity contribution is 7.89. The lowest BCUT2D eigenvalue weighted by atomic mass is 10.0. The quantitative estimate of drug-likeness (QED) is 0.863. The standard InChI is InChI=1S/C16H18N4O3S/c17-24(22,23)14-5-6-15-12(9-14)3-2-8-20(15)11-16(21)19-13-4-1-7-18-10-13/h1,4-7,9-10H,2-3,8,11H2,(H,19,21)(H2,17,22,23). The number of pyridine rings is 1. The lowest BCUT2D eigenvalue weighted by Crippen LogP contribution is -2.37. The smallest absolute Gasteiger partial charge is 0.243 e. The van der Waals surface area contributed by atoms with Crippen molar-refractivity contribution in [3.63, 3.8) is 0 Å². The first kappa shape index (κ1) is 16.4. The van der Waals surface area contributed by atoms with Crippen LogP contribution in [0.1, 0.15) is 12.0 Å². The Bertz CT molecular complexity index is 853. The van der Waals surface area contributed by atoms with Crippen molar-refractivity contribution < 1.29 is 13.2 Å². The average molecular weight is 346 g/mol. The van der Waals surface area contributed by atoms with E-state index in [-0.39, 0.29) is 17.3 Å². The lowest BCUT2D eigenvalue weighted by molar-refractivity contribution is -0.115. The van der Waals surface area contributed by atoms with E-state index in [0.717, 1.165) is 30.6 Å². The first-order valence-electron chi connectivity index (χ1n) is 7.54. The molecule has 8 heteroatoms. The maximum atomic E-state index is 12.2. The van der Waals surface area contributed by atoms with Gasteiger partial charge in [0.05, 0.1) is 23.3 Å². The zero-order valence-electron chi connectivity index (χ0n) is 13.0. The molecule has 2 heterocycles. The van der Waals surface area contributed by atoms with Gasteiger partial charge >= 0.3 is 0 Å². The molecule has 0 saturated carbocycles. The summed E-state index contributed by atoms with van der Waals surface area (Å²) in [5, 5.41) is 7.98. The Balaban J connectivity index is 1.76. The van der Waals surface area contributed by atoms with Gasteiger partial charge in [-0.1, -0.05) is 0 Å². The third-order valence-corrected chi connectivity index (χ3v) is 4.79. The van der Waals surface area contributed by atoms with Gasteiger partial charge in [-0.15, -0.1) is 0 Å². The van der Waals surface area contributed by atoms with Gasteiger partial charge in [0.1, 0.15) is 0 Å². The predicted molar refractivity (Wildman–Crippen MR) is 91.2 cm³/mol. The Morgan fingerprint density at radius 1 is 1.33 bits per heavy atom. The summed E-state index contributed by atoms with van der Waals surface area (Å²) in [6, 6.07) is 8.31. The van der Waals surface area contributed by atoms with Gasteiger partial charge in [0.2, 0.25) is 15.9 Å². The number of hydrogen-bond donors (Lipinski definition) is 2. The first-order chi connectivity index (χ1) is 11.4. The molecule has 0 unspecified atom stereocenters. The molecule has 1 aliphatic heterocycles. The summed E-state index contributed by atoms with van der Waals surface area (Å²) in [6.07, 6.45) is 4.83. The Morgan fingerprint density at radius 3 is 2.88 bits per heavy atom. The number of carbonyl (C=O) groups is 1. The van der Waals surface area contributed by atoms with E-state index in [4.69, 9.17) is 5.14 Å². The van der Waals surface area contributed by atoms with Crippen LogP contribution < -0.4 is 15.4 Å². The zero-order valence-corrected chi connectivity index (χ0v) is 13.8. The van der Waals surface area contributed by atoms with Gasteiger partial charge in [0.25, 0.3) is 0 Å². The largest absolute Gasteiger partial charge is 0.362 e. The first-order valence-corrected chi connectivity index (χ1v) is 9.09. The fourth-order valence-electron chi connectivity index (χ4n) is 2.80. The Kier molecular flexibility index (Phi) is 4.50. The van der Waals surface area contributed by atoms with Gasteiger partial charge in [-0.2, -0.15) is 0 Å². The molecule has 0 radical (unpaired) electrons. The number of aromatic nitrogens is 1. The number of benzene rings is 1. The third kappa shape index (κ3) is 3.72. The van der Waals surface area contributed by atoms with Crippen LogP contribution in [0.5, 0.6) is 0 Å². The number of nitrogens with two attached hydrogens (primary N) is 1. The summed E-state index contributed by atoms with van der Waals surface area (Å²) in [4.78, 5) is 18.2. The van der Waals surface area contributed by atoms with Crippen molar-refractivity contribution in [2.75, 3.05) is 23.3 Å². The van der Waals surface area contributed by atoms with Crippen molar-refractivity contribution in [3.05, 3.63) is 48.3 Å². The molecule has 3 rings (SSSR count). The number of carbonyl (C=O) groups excluding carboxylic acids is 1. The van der Waals surface area contributed by atoms with Gasteiger partial charge in [0.15, 0.2) is 0 Å². The molecular formula is C16H18N4O3S. The maximum Gasteiger partial charge on any atom is 0.243 e. The molecule has 0 aliphatic carbocycles. The van der Waals surface area contributed by atoms with E-state index in [9.17, 15) is 13.2 Å². The highest BCUT2D eigenvalue weighted by Crippen LogP contribution is 2.29. The van der Waals surface area contributed by atoms with E-state index in [0.29, 0.717) is 5.69 Å². The van der Waals surface area contributed by atoms with Crippen LogP contribution in [0.3, 0.4) is 0 Å². The number of sulfonamides is 1. The third-order valence-electron chi connectivity index (χ3n) is 3.87. The topological polar surface area (TPSA) is 105 Å². The second-order valence-corrected chi connectivity index (χ2v) is 7.21. The molecule has 1 aromatic carbocycles. The monoisotopic (exact) mass is 346 g/mol. The highest BCUT2D eigenvalue weighted by Gasteiger charge is 2.21. The van der Waals surface area contributed by atoms with Crippen LogP contribution in [0.15, 0.2) is 47.6 Å². The number of rotatable bonds is 4. The van der Waals surface area contributed by atoms with Gasteiger partial charge in [-0.25, -0.2) is 13.6 Å². The molecule has 0 bridgehead atoms. The SMILES string of the molecule is NS(=O)(=O)c1ccc2c(c1)CCCN2CC(=O)Nc1cccnc1. The molecule has 7 nitrogen and oxygen atoms in total. The maximum absolute atomic E-state index is 12.2. The van der Waals surface area contributed by atoms with E-state index in [1.165, 1.54) is 6.07 Å². The van der Waals surface area contributed by atoms with E-state index in [2.05, 4.69) is 10.3 Å². The van der Waals surface area contributed by atoms with E-state index < -0.39 is 10.0 Å². The molecule has 1 aromatic heterocycles. The molecule has 0 spiro atoms. The fourth-order valence-corrected chi connectivity index (χ4v) is 3.37. The molecule has 3 N–H and O–H groups in total. The zero-order chi connectivity index (χ0) is 17.2.